The summed E-state index contributed by atoms with van der Waals surface area (Å²) in [6.45, 7) is 4.68. The summed E-state index contributed by atoms with van der Waals surface area (Å²) in [5, 5.41) is 18.1. The van der Waals surface area contributed by atoms with Gasteiger partial charge in [0.05, 0.1) is 32.1 Å². The maximum atomic E-state index is 6.62. The van der Waals surface area contributed by atoms with Gasteiger partial charge in [-0.15, -0.1) is 10.2 Å². The Morgan fingerprint density at radius 3 is 2.79 bits per heavy atom. The smallest absolute Gasteiger partial charge is 0.174 e. The zero-order valence-corrected chi connectivity index (χ0v) is 23.0. The molecule has 2 aliphatic heterocycles. The summed E-state index contributed by atoms with van der Waals surface area (Å²) < 4.78 is 23.2. The van der Waals surface area contributed by atoms with Gasteiger partial charge in [-0.2, -0.15) is 5.21 Å². The number of benzene rings is 2. The van der Waals surface area contributed by atoms with Gasteiger partial charge in [-0.25, -0.2) is 0 Å². The molecule has 1 aromatic heterocycles. The Bertz CT molecular complexity index is 1140. The fraction of sp³-hybridized carbons (Fsp3) is 0.552. The molecule has 0 radical (unpaired) electrons. The number of nitrogens with one attached hydrogen (secondary N) is 2. The van der Waals surface area contributed by atoms with Crippen LogP contribution in [0.5, 0.6) is 11.5 Å². The quantitative estimate of drug-likeness (QED) is 0.318. The van der Waals surface area contributed by atoms with Gasteiger partial charge in [-0.05, 0) is 61.1 Å². The molecule has 1 fully saturated rings. The lowest BCUT2D eigenvalue weighted by atomic mass is 9.82. The zero-order chi connectivity index (χ0) is 26.9. The van der Waals surface area contributed by atoms with Crippen molar-refractivity contribution in [2.24, 2.45) is 0 Å². The van der Waals surface area contributed by atoms with Crippen LogP contribution < -0.4 is 19.7 Å². The highest BCUT2D eigenvalue weighted by molar-refractivity contribution is 5.61. The highest BCUT2D eigenvalue weighted by Gasteiger charge is 2.32. The summed E-state index contributed by atoms with van der Waals surface area (Å²) in [6, 6.07) is 15.3. The Hall–Kier alpha value is -3.21. The van der Waals surface area contributed by atoms with E-state index in [1.807, 2.05) is 12.1 Å². The zero-order valence-electron chi connectivity index (χ0n) is 23.0. The first-order chi connectivity index (χ1) is 19.2. The van der Waals surface area contributed by atoms with Gasteiger partial charge in [0.1, 0.15) is 18.1 Å². The second-order valence-electron chi connectivity index (χ2n) is 10.3. The Balaban J connectivity index is 1.23. The lowest BCUT2D eigenvalue weighted by Crippen LogP contribution is -2.47. The number of H-pyrrole nitrogens is 1. The molecule has 10 heteroatoms. The Kier molecular flexibility index (Phi) is 9.63. The molecular weight excluding hydrogens is 496 g/mol. The highest BCUT2D eigenvalue weighted by atomic mass is 16.5. The summed E-state index contributed by atoms with van der Waals surface area (Å²) in [4.78, 5) is 2.39. The van der Waals surface area contributed by atoms with Crippen molar-refractivity contribution in [2.75, 3.05) is 52.0 Å². The van der Waals surface area contributed by atoms with Crippen LogP contribution in [0.15, 0.2) is 42.5 Å². The van der Waals surface area contributed by atoms with Crippen molar-refractivity contribution in [3.05, 3.63) is 59.4 Å². The van der Waals surface area contributed by atoms with Crippen molar-refractivity contribution in [2.45, 2.75) is 56.8 Å². The standard InChI is InChI=1S/C29H40N6O4/c1-36-15-4-13-35-14-16-38-27-12-7-21(17-26(27)35)20-39-28-19-30-23(5-3-6-29-31-33-34-32-29)18-25(28)22-8-10-24(37-2)11-9-22/h7-12,17,23,25,28,30H,3-6,13-16,18-20H2,1-2H3,(H,31,32,33,34)/t23?,25?,28-/m0/s1. The van der Waals surface area contributed by atoms with Gasteiger partial charge in [0.2, 0.25) is 0 Å². The maximum absolute atomic E-state index is 6.62. The Labute approximate surface area is 230 Å². The fourth-order valence-corrected chi connectivity index (χ4v) is 5.60. The maximum Gasteiger partial charge on any atom is 0.174 e. The third-order valence-electron chi connectivity index (χ3n) is 7.70. The van der Waals surface area contributed by atoms with Crippen LogP contribution >= 0.6 is 0 Å². The number of fused-ring (bicyclic) bond motifs is 1. The molecule has 2 unspecified atom stereocenters. The second kappa shape index (κ2) is 13.7. The molecule has 0 bridgehead atoms. The molecule has 210 valence electrons. The number of tetrazole rings is 1. The average molecular weight is 537 g/mol. The third-order valence-corrected chi connectivity index (χ3v) is 7.70. The molecule has 3 atom stereocenters. The molecule has 10 nitrogen and oxygen atoms in total. The molecule has 2 N–H and O–H groups in total. The number of ether oxygens (including phenoxy) is 4. The van der Waals surface area contributed by atoms with E-state index in [-0.39, 0.29) is 6.10 Å². The first-order valence-corrected chi connectivity index (χ1v) is 13.9. The first kappa shape index (κ1) is 27.4. The molecule has 1 saturated heterocycles. The lowest BCUT2D eigenvalue weighted by Gasteiger charge is -2.37. The van der Waals surface area contributed by atoms with Crippen molar-refractivity contribution in [1.29, 1.82) is 0 Å². The van der Waals surface area contributed by atoms with Crippen molar-refractivity contribution < 1.29 is 18.9 Å². The van der Waals surface area contributed by atoms with Crippen molar-refractivity contribution >= 4 is 5.69 Å². The van der Waals surface area contributed by atoms with Crippen LogP contribution in [0.1, 0.15) is 48.6 Å². The van der Waals surface area contributed by atoms with Gasteiger partial charge in [0, 0.05) is 45.2 Å². The molecular formula is C29H40N6O4. The monoisotopic (exact) mass is 536 g/mol. The molecule has 3 aromatic rings. The van der Waals surface area contributed by atoms with E-state index in [4.69, 9.17) is 18.9 Å². The van der Waals surface area contributed by atoms with Crippen LogP contribution in [0.2, 0.25) is 0 Å². The van der Waals surface area contributed by atoms with Gasteiger partial charge < -0.3 is 29.2 Å². The van der Waals surface area contributed by atoms with E-state index in [1.165, 1.54) is 5.56 Å². The van der Waals surface area contributed by atoms with E-state index in [9.17, 15) is 0 Å². The summed E-state index contributed by atoms with van der Waals surface area (Å²) in [5.74, 6) is 2.87. The minimum atomic E-state index is 0.0666. The molecule has 0 spiro atoms. The molecule has 0 saturated carbocycles. The number of anilines is 1. The number of aromatic nitrogens is 4. The number of hydrogen-bond acceptors (Lipinski definition) is 9. The molecule has 5 rings (SSSR count). The van der Waals surface area contributed by atoms with Crippen LogP contribution in [-0.4, -0.2) is 79.8 Å². The Morgan fingerprint density at radius 2 is 2.00 bits per heavy atom. The number of hydrogen-bond donors (Lipinski definition) is 2. The molecule has 2 aliphatic rings. The van der Waals surface area contributed by atoms with Crippen LogP contribution in [0.3, 0.4) is 0 Å². The predicted octanol–water partition coefficient (Wildman–Crippen LogP) is 3.50. The van der Waals surface area contributed by atoms with Gasteiger partial charge in [0.25, 0.3) is 0 Å². The van der Waals surface area contributed by atoms with Crippen molar-refractivity contribution in [3.8, 4) is 11.5 Å². The van der Waals surface area contributed by atoms with Crippen LogP contribution in [0.25, 0.3) is 0 Å². The van der Waals surface area contributed by atoms with Crippen LogP contribution in [0.4, 0.5) is 5.69 Å². The minimum Gasteiger partial charge on any atom is -0.497 e. The number of piperidine rings is 1. The summed E-state index contributed by atoms with van der Waals surface area (Å²) in [7, 11) is 3.45. The third kappa shape index (κ3) is 7.26. The normalized spacial score (nSPS) is 20.9. The average Bonchev–Trinajstić information content (AvgIpc) is 3.50. The van der Waals surface area contributed by atoms with Gasteiger partial charge in [-0.3, -0.25) is 0 Å². The fourth-order valence-electron chi connectivity index (χ4n) is 5.60. The summed E-state index contributed by atoms with van der Waals surface area (Å²) in [6.07, 6.45) is 4.95. The lowest BCUT2D eigenvalue weighted by molar-refractivity contribution is 0.00212. The molecule has 39 heavy (non-hydrogen) atoms. The van der Waals surface area contributed by atoms with E-state index in [0.717, 1.165) is 86.9 Å². The van der Waals surface area contributed by atoms with Crippen molar-refractivity contribution in [3.63, 3.8) is 0 Å². The molecule has 2 aromatic carbocycles. The summed E-state index contributed by atoms with van der Waals surface area (Å²) >= 11 is 0. The Morgan fingerprint density at radius 1 is 1.10 bits per heavy atom. The van der Waals surface area contributed by atoms with E-state index >= 15 is 0 Å². The van der Waals surface area contributed by atoms with Gasteiger partial charge in [-0.1, -0.05) is 23.4 Å². The predicted molar refractivity (Wildman–Crippen MR) is 148 cm³/mol. The topological polar surface area (TPSA) is 107 Å². The molecule has 3 heterocycles. The second-order valence-corrected chi connectivity index (χ2v) is 10.3. The highest BCUT2D eigenvalue weighted by Crippen LogP contribution is 2.35. The number of aryl methyl sites for hydroxylation is 1. The van der Waals surface area contributed by atoms with Gasteiger partial charge >= 0.3 is 0 Å². The van der Waals surface area contributed by atoms with E-state index in [2.05, 4.69) is 61.2 Å². The number of methoxy groups -OCH3 is 2. The van der Waals surface area contributed by atoms with E-state index in [0.29, 0.717) is 25.2 Å². The number of rotatable bonds is 13. The van der Waals surface area contributed by atoms with Gasteiger partial charge in [0.15, 0.2) is 5.82 Å². The SMILES string of the molecule is COCCCN1CCOc2ccc(CO[C@H]3CNC(CCCc4nn[nH]n4)CC3c3ccc(OC)cc3)cc21. The van der Waals surface area contributed by atoms with Crippen LogP contribution in [0, 0.1) is 0 Å². The summed E-state index contributed by atoms with van der Waals surface area (Å²) in [5.41, 5.74) is 3.59. The van der Waals surface area contributed by atoms with E-state index < -0.39 is 0 Å². The number of aromatic amines is 1. The number of nitrogens with zero attached hydrogens (tertiary/aromatic N) is 4. The first-order valence-electron chi connectivity index (χ1n) is 13.9. The molecule has 0 aliphatic carbocycles. The van der Waals surface area contributed by atoms with Crippen LogP contribution in [-0.2, 0) is 22.5 Å². The largest absolute Gasteiger partial charge is 0.497 e. The van der Waals surface area contributed by atoms with Crippen molar-refractivity contribution in [1.82, 2.24) is 25.9 Å². The minimum absolute atomic E-state index is 0.0666. The molecule has 0 amide bonds. The van der Waals surface area contributed by atoms with E-state index in [1.54, 1.807) is 14.2 Å².